The van der Waals surface area contributed by atoms with Crippen molar-refractivity contribution >= 4 is 6.03 Å². The molecule has 3 aromatic carbocycles. The minimum atomic E-state index is -0.470. The molecule has 2 amide bonds. The lowest BCUT2D eigenvalue weighted by Gasteiger charge is -2.41. The molecule has 0 spiro atoms. The fourth-order valence-electron chi connectivity index (χ4n) is 8.18. The first kappa shape index (κ1) is 31.7. The summed E-state index contributed by atoms with van der Waals surface area (Å²) in [6.07, 6.45) is 4.08. The molecule has 2 bridgehead atoms. The van der Waals surface area contributed by atoms with Crippen LogP contribution in [0.5, 0.6) is 0 Å². The van der Waals surface area contributed by atoms with Gasteiger partial charge in [0.15, 0.2) is 6.29 Å². The van der Waals surface area contributed by atoms with Crippen LogP contribution in [0, 0.1) is 10.8 Å². The Hall–Kier alpha value is -3.23. The molecule has 2 saturated heterocycles. The van der Waals surface area contributed by atoms with Gasteiger partial charge in [-0.25, -0.2) is 4.79 Å². The number of benzene rings is 3. The molecule has 2 unspecified atom stereocenters. The molecule has 7 heteroatoms. The summed E-state index contributed by atoms with van der Waals surface area (Å²) in [7, 11) is 0. The van der Waals surface area contributed by atoms with E-state index < -0.39 is 6.29 Å². The van der Waals surface area contributed by atoms with Crippen LogP contribution in [-0.4, -0.2) is 47.8 Å². The van der Waals surface area contributed by atoms with Gasteiger partial charge in [-0.15, -0.1) is 0 Å². The van der Waals surface area contributed by atoms with Gasteiger partial charge in [0.05, 0.1) is 18.8 Å². The largest absolute Gasteiger partial charge is 0.392 e. The van der Waals surface area contributed by atoms with Crippen molar-refractivity contribution in [2.45, 2.75) is 91.1 Å². The van der Waals surface area contributed by atoms with Crippen molar-refractivity contribution in [3.05, 3.63) is 95.1 Å². The van der Waals surface area contributed by atoms with Crippen molar-refractivity contribution in [3.8, 4) is 11.1 Å². The van der Waals surface area contributed by atoms with Gasteiger partial charge in [0.25, 0.3) is 0 Å². The number of fused-ring (bicyclic) bond motifs is 2. The molecule has 2 heterocycles. The molecule has 6 rings (SSSR count). The number of ether oxygens (including phenoxy) is 2. The summed E-state index contributed by atoms with van der Waals surface area (Å²) in [5, 5.41) is 15.2. The lowest BCUT2D eigenvalue weighted by atomic mass is 9.65. The van der Waals surface area contributed by atoms with Crippen LogP contribution in [-0.2, 0) is 22.6 Å². The van der Waals surface area contributed by atoms with Crippen LogP contribution in [0.1, 0.15) is 88.0 Å². The van der Waals surface area contributed by atoms with E-state index in [2.05, 4.69) is 84.8 Å². The molecular weight excluding hydrogens is 562 g/mol. The second-order valence-electron chi connectivity index (χ2n) is 14.5. The van der Waals surface area contributed by atoms with Gasteiger partial charge in [-0.05, 0) is 70.9 Å². The minimum Gasteiger partial charge on any atom is -0.392 e. The van der Waals surface area contributed by atoms with Gasteiger partial charge < -0.3 is 25.2 Å². The summed E-state index contributed by atoms with van der Waals surface area (Å²) in [6, 6.07) is 25.3. The highest BCUT2D eigenvalue weighted by molar-refractivity contribution is 5.73. The molecule has 1 aliphatic carbocycles. The molecule has 3 N–H and O–H groups in total. The molecule has 3 fully saturated rings. The Balaban J connectivity index is 1.19. The van der Waals surface area contributed by atoms with E-state index in [1.54, 1.807) is 0 Å². The number of nitrogens with one attached hydrogen (secondary N) is 2. The van der Waals surface area contributed by atoms with Crippen molar-refractivity contribution in [1.82, 2.24) is 15.5 Å². The lowest BCUT2D eigenvalue weighted by Crippen LogP contribution is -2.42. The van der Waals surface area contributed by atoms with Crippen LogP contribution in [0.4, 0.5) is 4.79 Å². The predicted molar refractivity (Wildman–Crippen MR) is 177 cm³/mol. The average molecular weight is 612 g/mol. The summed E-state index contributed by atoms with van der Waals surface area (Å²) in [5.41, 5.74) is 7.02. The van der Waals surface area contributed by atoms with Crippen molar-refractivity contribution in [1.29, 1.82) is 0 Å². The van der Waals surface area contributed by atoms with Gasteiger partial charge in [0, 0.05) is 44.2 Å². The summed E-state index contributed by atoms with van der Waals surface area (Å²) in [4.78, 5) is 14.5. The monoisotopic (exact) mass is 611 g/mol. The highest BCUT2D eigenvalue weighted by atomic mass is 16.7. The van der Waals surface area contributed by atoms with E-state index in [4.69, 9.17) is 9.47 Å². The molecule has 2 aliphatic heterocycles. The molecular formula is C38H49N3O4. The molecule has 5 atom stereocenters. The van der Waals surface area contributed by atoms with E-state index in [9.17, 15) is 9.90 Å². The first-order valence-electron chi connectivity index (χ1n) is 16.6. The molecule has 240 valence electrons. The Bertz CT molecular complexity index is 1460. The van der Waals surface area contributed by atoms with Crippen LogP contribution in [0.15, 0.2) is 72.8 Å². The van der Waals surface area contributed by atoms with E-state index in [0.29, 0.717) is 30.0 Å². The third-order valence-corrected chi connectivity index (χ3v) is 9.81. The predicted octanol–water partition coefficient (Wildman–Crippen LogP) is 7.11. The van der Waals surface area contributed by atoms with Crippen LogP contribution in [0.25, 0.3) is 11.1 Å². The standard InChI is InChI=1S/C38H49N3O4/c1-5-39-36(43)40-21-27-7-6-8-31(17-27)28-13-15-30(16-14-28)35-44-33(18-34(45-35)29-11-9-26(23-42)10-12-29)22-41-25-38(4)20-32(41)19-37(2,3)24-38/h6-17,32-35,42H,5,18-25H2,1-4H3,(H2,39,40,43)/t32?,33-,34+,35+,38?/m0/s1. The van der Waals surface area contributed by atoms with E-state index in [-0.39, 0.29) is 24.8 Å². The third-order valence-electron chi connectivity index (χ3n) is 9.81. The molecule has 3 aromatic rings. The summed E-state index contributed by atoms with van der Waals surface area (Å²) in [5.74, 6) is 0. The van der Waals surface area contributed by atoms with Crippen LogP contribution >= 0.6 is 0 Å². The first-order chi connectivity index (χ1) is 21.6. The van der Waals surface area contributed by atoms with Gasteiger partial charge in [0.2, 0.25) is 0 Å². The van der Waals surface area contributed by atoms with E-state index >= 15 is 0 Å². The highest BCUT2D eigenvalue weighted by Crippen LogP contribution is 2.53. The number of likely N-dealkylation sites (tertiary alicyclic amines) is 1. The second-order valence-corrected chi connectivity index (χ2v) is 14.5. The molecule has 7 nitrogen and oxygen atoms in total. The van der Waals surface area contributed by atoms with Gasteiger partial charge in [-0.1, -0.05) is 87.5 Å². The fraction of sp³-hybridized carbons (Fsp3) is 0.500. The highest BCUT2D eigenvalue weighted by Gasteiger charge is 2.50. The van der Waals surface area contributed by atoms with Crippen molar-refractivity contribution < 1.29 is 19.4 Å². The fourth-order valence-corrected chi connectivity index (χ4v) is 8.18. The van der Waals surface area contributed by atoms with E-state index in [0.717, 1.165) is 52.9 Å². The molecule has 1 saturated carbocycles. The van der Waals surface area contributed by atoms with Gasteiger partial charge >= 0.3 is 6.03 Å². The Morgan fingerprint density at radius 3 is 2.40 bits per heavy atom. The topological polar surface area (TPSA) is 83.1 Å². The Kier molecular flexibility index (Phi) is 9.34. The smallest absolute Gasteiger partial charge is 0.315 e. The zero-order valence-electron chi connectivity index (χ0n) is 27.2. The number of rotatable bonds is 9. The normalized spacial score (nSPS) is 27.7. The van der Waals surface area contributed by atoms with Crippen LogP contribution in [0.3, 0.4) is 0 Å². The van der Waals surface area contributed by atoms with Gasteiger partial charge in [0.1, 0.15) is 0 Å². The number of carbonyl (C=O) groups is 1. The maximum Gasteiger partial charge on any atom is 0.315 e. The number of hydrogen-bond acceptors (Lipinski definition) is 5. The number of aliphatic hydroxyl groups is 1. The Morgan fingerprint density at radius 2 is 1.67 bits per heavy atom. The Labute approximate surface area is 268 Å². The molecule has 45 heavy (non-hydrogen) atoms. The molecule has 0 radical (unpaired) electrons. The molecule has 0 aromatic heterocycles. The number of carbonyl (C=O) groups excluding carboxylic acids is 1. The van der Waals surface area contributed by atoms with Crippen LogP contribution in [0.2, 0.25) is 0 Å². The van der Waals surface area contributed by atoms with E-state index in [1.807, 2.05) is 31.2 Å². The van der Waals surface area contributed by atoms with Gasteiger partial charge in [-0.3, -0.25) is 4.90 Å². The number of nitrogens with zero attached hydrogens (tertiary/aromatic N) is 1. The minimum absolute atomic E-state index is 0.0333. The maximum atomic E-state index is 11.9. The molecule has 3 aliphatic rings. The number of aliphatic hydroxyl groups excluding tert-OH is 1. The Morgan fingerprint density at radius 1 is 0.911 bits per heavy atom. The summed E-state index contributed by atoms with van der Waals surface area (Å²) < 4.78 is 13.4. The van der Waals surface area contributed by atoms with Gasteiger partial charge in [-0.2, -0.15) is 0 Å². The quantitative estimate of drug-likeness (QED) is 0.240. The second kappa shape index (κ2) is 13.2. The maximum absolute atomic E-state index is 11.9. The zero-order valence-corrected chi connectivity index (χ0v) is 27.2. The lowest BCUT2D eigenvalue weighted by molar-refractivity contribution is -0.253. The first-order valence-corrected chi connectivity index (χ1v) is 16.6. The van der Waals surface area contributed by atoms with Crippen molar-refractivity contribution in [2.75, 3.05) is 19.6 Å². The average Bonchev–Trinajstić information content (AvgIpc) is 3.27. The van der Waals surface area contributed by atoms with Crippen molar-refractivity contribution in [2.24, 2.45) is 10.8 Å². The van der Waals surface area contributed by atoms with Crippen molar-refractivity contribution in [3.63, 3.8) is 0 Å². The summed E-state index contributed by atoms with van der Waals surface area (Å²) in [6.45, 7) is 12.4. The van der Waals surface area contributed by atoms with Crippen LogP contribution < -0.4 is 10.6 Å². The number of amides is 2. The zero-order chi connectivity index (χ0) is 31.6. The third kappa shape index (κ3) is 7.60. The SMILES string of the molecule is CCNC(=O)NCc1cccc(-c2ccc([C@@H]3O[C@H](CN4CC5(C)CC4CC(C)(C)C5)C[C@H](c4ccc(CO)cc4)O3)cc2)c1. The number of hydrogen-bond donors (Lipinski definition) is 3. The number of urea groups is 1. The van der Waals surface area contributed by atoms with E-state index in [1.165, 1.54) is 19.3 Å². The summed E-state index contributed by atoms with van der Waals surface area (Å²) >= 11 is 0.